The number of carbonyl (C=O) groups excluding carboxylic acids is 1. The Morgan fingerprint density at radius 3 is 2.13 bits per heavy atom. The molecule has 1 N–H and O–H groups in total. The van der Waals surface area contributed by atoms with Crippen molar-refractivity contribution in [3.8, 4) is 0 Å². The maximum Gasteiger partial charge on any atom is 0.264 e. The van der Waals surface area contributed by atoms with E-state index in [0.717, 1.165) is 16.9 Å². The lowest BCUT2D eigenvalue weighted by Crippen LogP contribution is -2.28. The summed E-state index contributed by atoms with van der Waals surface area (Å²) < 4.78 is 27.1. The summed E-state index contributed by atoms with van der Waals surface area (Å²) in [5.74, 6) is -0.194. The van der Waals surface area contributed by atoms with E-state index in [0.29, 0.717) is 11.3 Å². The zero-order valence-corrected chi connectivity index (χ0v) is 19.4. The molecule has 31 heavy (non-hydrogen) atoms. The van der Waals surface area contributed by atoms with E-state index in [1.54, 1.807) is 60.3 Å². The number of carbonyl (C=O) groups is 1. The molecule has 0 aliphatic heterocycles. The average Bonchev–Trinajstić information content (AvgIpc) is 2.82. The van der Waals surface area contributed by atoms with E-state index in [2.05, 4.69) is 5.32 Å². The van der Waals surface area contributed by atoms with Gasteiger partial charge >= 0.3 is 0 Å². The van der Waals surface area contributed by atoms with Crippen molar-refractivity contribution in [1.82, 2.24) is 5.32 Å². The van der Waals surface area contributed by atoms with Crippen LogP contribution < -0.4 is 9.62 Å². The summed E-state index contributed by atoms with van der Waals surface area (Å²) in [6.07, 6.45) is 2.71. The first-order valence-corrected chi connectivity index (χ1v) is 12.6. The van der Waals surface area contributed by atoms with Crippen LogP contribution in [0.1, 0.15) is 35.3 Å². The Morgan fingerprint density at radius 1 is 0.968 bits per heavy atom. The van der Waals surface area contributed by atoms with Gasteiger partial charge in [-0.2, -0.15) is 0 Å². The van der Waals surface area contributed by atoms with Crippen molar-refractivity contribution in [1.29, 1.82) is 0 Å². The first-order valence-electron chi connectivity index (χ1n) is 9.95. The highest BCUT2D eigenvalue weighted by Gasteiger charge is 2.22. The second kappa shape index (κ2) is 10.0. The third-order valence-corrected chi connectivity index (χ3v) is 7.67. The highest BCUT2D eigenvalue weighted by molar-refractivity contribution is 7.98. The molecule has 0 bridgehead atoms. The number of hydrogen-bond acceptors (Lipinski definition) is 4. The SMILES string of the molecule is CC[C@@H](NC(=O)c1ccc(N(C)S(=O)(=O)c2ccc(SC)cc2)cc1)c1ccccc1. The Hall–Kier alpha value is -2.77. The van der Waals surface area contributed by atoms with E-state index in [9.17, 15) is 13.2 Å². The van der Waals surface area contributed by atoms with Crippen molar-refractivity contribution in [3.63, 3.8) is 0 Å². The smallest absolute Gasteiger partial charge is 0.264 e. The van der Waals surface area contributed by atoms with Crippen LogP contribution in [0.15, 0.2) is 88.7 Å². The molecule has 7 heteroatoms. The first kappa shape index (κ1) is 22.9. The molecule has 0 heterocycles. The molecule has 1 amide bonds. The molecule has 162 valence electrons. The molecule has 0 radical (unpaired) electrons. The molecule has 5 nitrogen and oxygen atoms in total. The van der Waals surface area contributed by atoms with Gasteiger partial charge in [0.1, 0.15) is 0 Å². The fourth-order valence-corrected chi connectivity index (χ4v) is 4.82. The van der Waals surface area contributed by atoms with Gasteiger partial charge in [0.25, 0.3) is 15.9 Å². The van der Waals surface area contributed by atoms with Crippen LogP contribution in [0.3, 0.4) is 0 Å². The van der Waals surface area contributed by atoms with Gasteiger partial charge in [-0.05, 0) is 66.8 Å². The Kier molecular flexibility index (Phi) is 7.41. The quantitative estimate of drug-likeness (QED) is 0.480. The van der Waals surface area contributed by atoms with Gasteiger partial charge < -0.3 is 5.32 Å². The van der Waals surface area contributed by atoms with Gasteiger partial charge in [0, 0.05) is 17.5 Å². The molecule has 0 aromatic heterocycles. The predicted octanol–water partition coefficient (Wildman–Crippen LogP) is 5.11. The van der Waals surface area contributed by atoms with Gasteiger partial charge in [-0.3, -0.25) is 9.10 Å². The molecule has 3 rings (SSSR count). The minimum atomic E-state index is -3.69. The Balaban J connectivity index is 1.74. The Morgan fingerprint density at radius 2 is 1.58 bits per heavy atom. The largest absolute Gasteiger partial charge is 0.345 e. The third kappa shape index (κ3) is 5.29. The molecule has 0 saturated heterocycles. The number of nitrogens with one attached hydrogen (secondary N) is 1. The highest BCUT2D eigenvalue weighted by Crippen LogP contribution is 2.25. The number of anilines is 1. The number of hydrogen-bond donors (Lipinski definition) is 1. The normalized spacial score (nSPS) is 12.2. The number of amides is 1. The number of nitrogens with zero attached hydrogens (tertiary/aromatic N) is 1. The van der Waals surface area contributed by atoms with Gasteiger partial charge in [0.2, 0.25) is 0 Å². The molecular formula is C24H26N2O3S2. The highest BCUT2D eigenvalue weighted by atomic mass is 32.2. The summed E-state index contributed by atoms with van der Waals surface area (Å²) in [5, 5.41) is 3.04. The lowest BCUT2D eigenvalue weighted by Gasteiger charge is -2.20. The summed E-state index contributed by atoms with van der Waals surface area (Å²) in [6, 6.07) is 23.1. The molecule has 3 aromatic carbocycles. The van der Waals surface area contributed by atoms with Gasteiger partial charge in [-0.15, -0.1) is 11.8 Å². The van der Waals surface area contributed by atoms with Crippen LogP contribution in [0.4, 0.5) is 5.69 Å². The van der Waals surface area contributed by atoms with E-state index in [-0.39, 0.29) is 16.8 Å². The standard InChI is InChI=1S/C24H26N2O3S2/c1-4-23(18-8-6-5-7-9-18)25-24(27)19-10-12-20(13-11-19)26(2)31(28,29)22-16-14-21(30-3)15-17-22/h5-17,23H,4H2,1-3H3,(H,25,27)/t23-/m1/s1. The van der Waals surface area contributed by atoms with Crippen LogP contribution >= 0.6 is 11.8 Å². The zero-order valence-electron chi connectivity index (χ0n) is 17.8. The molecule has 3 aromatic rings. The Bertz CT molecular complexity index is 1110. The average molecular weight is 455 g/mol. The number of sulfonamides is 1. The maximum atomic E-state index is 12.9. The fourth-order valence-electron chi connectivity index (χ4n) is 3.22. The molecule has 0 spiro atoms. The maximum absolute atomic E-state index is 12.9. The second-order valence-electron chi connectivity index (χ2n) is 7.04. The van der Waals surface area contributed by atoms with Crippen molar-refractivity contribution in [3.05, 3.63) is 90.0 Å². The minimum absolute atomic E-state index is 0.0827. The van der Waals surface area contributed by atoms with E-state index in [1.807, 2.05) is 43.5 Å². The van der Waals surface area contributed by atoms with Gasteiger partial charge in [-0.1, -0.05) is 37.3 Å². The molecule has 0 saturated carbocycles. The molecule has 0 unspecified atom stereocenters. The van der Waals surface area contributed by atoms with Gasteiger partial charge in [-0.25, -0.2) is 8.42 Å². The van der Waals surface area contributed by atoms with Crippen molar-refractivity contribution < 1.29 is 13.2 Å². The van der Waals surface area contributed by atoms with E-state index in [1.165, 1.54) is 11.4 Å². The van der Waals surface area contributed by atoms with E-state index >= 15 is 0 Å². The summed E-state index contributed by atoms with van der Waals surface area (Å²) in [6.45, 7) is 2.02. The van der Waals surface area contributed by atoms with Crippen LogP contribution in [0.2, 0.25) is 0 Å². The first-order chi connectivity index (χ1) is 14.9. The lowest BCUT2D eigenvalue weighted by molar-refractivity contribution is 0.0935. The molecule has 0 fully saturated rings. The fraction of sp³-hybridized carbons (Fsp3) is 0.208. The lowest BCUT2D eigenvalue weighted by atomic mass is 10.0. The third-order valence-electron chi connectivity index (χ3n) is 5.13. The van der Waals surface area contributed by atoms with Gasteiger partial charge in [0.15, 0.2) is 0 Å². The van der Waals surface area contributed by atoms with Crippen molar-refractivity contribution in [2.24, 2.45) is 0 Å². The Labute approximate surface area is 188 Å². The summed E-state index contributed by atoms with van der Waals surface area (Å²) in [4.78, 5) is 13.9. The van der Waals surface area contributed by atoms with E-state index in [4.69, 9.17) is 0 Å². The zero-order chi connectivity index (χ0) is 22.4. The minimum Gasteiger partial charge on any atom is -0.345 e. The second-order valence-corrected chi connectivity index (χ2v) is 9.89. The van der Waals surface area contributed by atoms with Crippen LogP contribution in [-0.4, -0.2) is 27.6 Å². The topological polar surface area (TPSA) is 66.5 Å². The van der Waals surface area contributed by atoms with Crippen molar-refractivity contribution in [2.75, 3.05) is 17.6 Å². The van der Waals surface area contributed by atoms with Crippen molar-refractivity contribution >= 4 is 33.4 Å². The predicted molar refractivity (Wildman–Crippen MR) is 127 cm³/mol. The number of rotatable bonds is 8. The summed E-state index contributed by atoms with van der Waals surface area (Å²) >= 11 is 1.56. The molecule has 0 aliphatic rings. The monoisotopic (exact) mass is 454 g/mol. The van der Waals surface area contributed by atoms with Crippen molar-refractivity contribution in [2.45, 2.75) is 29.2 Å². The number of thioether (sulfide) groups is 1. The van der Waals surface area contributed by atoms with Crippen LogP contribution in [0.25, 0.3) is 0 Å². The number of benzene rings is 3. The molecule has 1 atom stereocenters. The molecular weight excluding hydrogens is 428 g/mol. The summed E-state index contributed by atoms with van der Waals surface area (Å²) in [7, 11) is -2.18. The van der Waals surface area contributed by atoms with Crippen LogP contribution in [0.5, 0.6) is 0 Å². The van der Waals surface area contributed by atoms with E-state index < -0.39 is 10.0 Å². The van der Waals surface area contributed by atoms with Gasteiger partial charge in [0.05, 0.1) is 16.6 Å². The van der Waals surface area contributed by atoms with Crippen LogP contribution in [-0.2, 0) is 10.0 Å². The summed E-state index contributed by atoms with van der Waals surface area (Å²) in [5.41, 5.74) is 2.02. The molecule has 0 aliphatic carbocycles. The van der Waals surface area contributed by atoms with Crippen LogP contribution in [0, 0.1) is 0 Å².